The Morgan fingerprint density at radius 1 is 0.967 bits per heavy atom. The molecule has 1 aliphatic heterocycles. The molecule has 0 unspecified atom stereocenters. The van der Waals surface area contributed by atoms with Crippen molar-refractivity contribution in [2.45, 2.75) is 44.2 Å². The molecule has 0 atom stereocenters. The lowest BCUT2D eigenvalue weighted by Gasteiger charge is -2.26. The lowest BCUT2D eigenvalue weighted by molar-refractivity contribution is -0.121. The van der Waals surface area contributed by atoms with Gasteiger partial charge in [-0.25, -0.2) is 8.42 Å². The molecular weight excluding hydrogens is 398 g/mol. The van der Waals surface area contributed by atoms with Crippen LogP contribution >= 0.6 is 0 Å². The van der Waals surface area contributed by atoms with Gasteiger partial charge in [0.25, 0.3) is 0 Å². The van der Waals surface area contributed by atoms with Crippen LogP contribution in [0.4, 0.5) is 0 Å². The zero-order valence-electron chi connectivity index (χ0n) is 17.8. The topological polar surface area (TPSA) is 69.7 Å². The van der Waals surface area contributed by atoms with Gasteiger partial charge in [-0.15, -0.1) is 0 Å². The van der Waals surface area contributed by atoms with Gasteiger partial charge in [0.15, 0.2) is 0 Å². The van der Waals surface area contributed by atoms with Gasteiger partial charge in [-0.2, -0.15) is 4.31 Å². The molecule has 0 radical (unpaired) electrons. The number of hydrogen-bond donors (Lipinski definition) is 1. The average molecular weight is 430 g/mol. The molecule has 1 saturated heterocycles. The molecule has 30 heavy (non-hydrogen) atoms. The second kappa shape index (κ2) is 10.2. The predicted octanol–water partition coefficient (Wildman–Crippen LogP) is 2.92. The fourth-order valence-electron chi connectivity index (χ4n) is 3.57. The fraction of sp³-hybridized carbons (Fsp3) is 0.435. The molecule has 6 nitrogen and oxygen atoms in total. The number of nitrogens with one attached hydrogen (secondary N) is 1. The molecule has 1 heterocycles. The molecule has 1 fully saturated rings. The molecule has 1 N–H and O–H groups in total. The minimum Gasteiger partial charge on any atom is -0.351 e. The predicted molar refractivity (Wildman–Crippen MR) is 118 cm³/mol. The minimum absolute atomic E-state index is 0.188. The highest BCUT2D eigenvalue weighted by Crippen LogP contribution is 2.15. The molecule has 1 amide bonds. The summed E-state index contributed by atoms with van der Waals surface area (Å²) in [6, 6.07) is 14.9. The highest BCUT2D eigenvalue weighted by molar-refractivity contribution is 7.89. The number of carbonyl (C=O) groups is 1. The molecule has 0 aromatic heterocycles. The number of aryl methyl sites for hydroxylation is 1. The van der Waals surface area contributed by atoms with E-state index in [-0.39, 0.29) is 17.3 Å². The smallest absolute Gasteiger partial charge is 0.243 e. The fourth-order valence-corrected chi connectivity index (χ4v) is 4.70. The molecular formula is C23H31N3O3S. The summed E-state index contributed by atoms with van der Waals surface area (Å²) in [7, 11) is -2.26. The molecule has 0 spiro atoms. The van der Waals surface area contributed by atoms with Crippen LogP contribution < -0.4 is 5.32 Å². The average Bonchev–Trinajstić information content (AvgIpc) is 2.74. The zero-order chi connectivity index (χ0) is 21.6. The van der Waals surface area contributed by atoms with Crippen molar-refractivity contribution in [2.75, 3.05) is 26.7 Å². The number of likely N-dealkylation sites (tertiary alicyclic amines) is 1. The second-order valence-electron chi connectivity index (χ2n) is 8.00. The first kappa shape index (κ1) is 22.5. The number of sulfonamides is 1. The van der Waals surface area contributed by atoms with E-state index in [9.17, 15) is 13.2 Å². The number of benzene rings is 2. The van der Waals surface area contributed by atoms with Crippen molar-refractivity contribution in [1.29, 1.82) is 0 Å². The van der Waals surface area contributed by atoms with Crippen LogP contribution in [0.15, 0.2) is 53.4 Å². The number of hydrogen-bond acceptors (Lipinski definition) is 4. The van der Waals surface area contributed by atoms with Gasteiger partial charge >= 0.3 is 0 Å². The second-order valence-corrected chi connectivity index (χ2v) is 10.0. The summed E-state index contributed by atoms with van der Waals surface area (Å²) in [5, 5.41) is 2.81. The third-order valence-electron chi connectivity index (χ3n) is 5.46. The Bertz CT molecular complexity index is 935. The van der Waals surface area contributed by atoms with Crippen molar-refractivity contribution >= 4 is 15.9 Å². The van der Waals surface area contributed by atoms with E-state index in [0.717, 1.165) is 35.1 Å². The lowest BCUT2D eigenvalue weighted by Crippen LogP contribution is -2.38. The molecule has 0 saturated carbocycles. The van der Waals surface area contributed by atoms with Crippen molar-refractivity contribution < 1.29 is 13.2 Å². The summed E-state index contributed by atoms with van der Waals surface area (Å²) >= 11 is 0. The van der Waals surface area contributed by atoms with Crippen LogP contribution in [-0.4, -0.2) is 50.2 Å². The van der Waals surface area contributed by atoms with Crippen molar-refractivity contribution in [3.63, 3.8) is 0 Å². The number of carbonyl (C=O) groups excluding carboxylic acids is 1. The van der Waals surface area contributed by atoms with Crippen LogP contribution in [0.5, 0.6) is 0 Å². The van der Waals surface area contributed by atoms with Crippen molar-refractivity contribution in [3.05, 3.63) is 65.2 Å². The SMILES string of the molecule is Cc1ccc(S(=O)(=O)N(C)CC(=O)NCc2ccc(CN3CCCCC3)cc2)cc1. The van der Waals surface area contributed by atoms with Crippen LogP contribution in [0.1, 0.15) is 36.0 Å². The first-order valence-electron chi connectivity index (χ1n) is 10.4. The van der Waals surface area contributed by atoms with Crippen molar-refractivity contribution in [3.8, 4) is 0 Å². The number of likely N-dealkylation sites (N-methyl/N-ethyl adjacent to an activating group) is 1. The van der Waals surface area contributed by atoms with Gasteiger partial charge in [0.2, 0.25) is 15.9 Å². The molecule has 7 heteroatoms. The Morgan fingerprint density at radius 3 is 2.20 bits per heavy atom. The number of rotatable bonds is 8. The molecule has 1 aliphatic rings. The quantitative estimate of drug-likeness (QED) is 0.701. The van der Waals surface area contributed by atoms with E-state index < -0.39 is 10.0 Å². The van der Waals surface area contributed by atoms with E-state index in [2.05, 4.69) is 22.3 Å². The third kappa shape index (κ3) is 6.14. The van der Waals surface area contributed by atoms with Crippen LogP contribution in [0.2, 0.25) is 0 Å². The summed E-state index contributed by atoms with van der Waals surface area (Å²) < 4.78 is 26.3. The third-order valence-corrected chi connectivity index (χ3v) is 7.28. The standard InChI is InChI=1S/C23H31N3O3S/c1-19-6-12-22(13-7-19)30(28,29)25(2)18-23(27)24-16-20-8-10-21(11-9-20)17-26-14-4-3-5-15-26/h6-13H,3-5,14-18H2,1-2H3,(H,24,27). The highest BCUT2D eigenvalue weighted by Gasteiger charge is 2.22. The molecule has 3 rings (SSSR count). The lowest BCUT2D eigenvalue weighted by atomic mass is 10.1. The highest BCUT2D eigenvalue weighted by atomic mass is 32.2. The van der Waals surface area contributed by atoms with E-state index in [4.69, 9.17) is 0 Å². The summed E-state index contributed by atoms with van der Waals surface area (Å²) in [6.45, 7) is 5.35. The van der Waals surface area contributed by atoms with Gasteiger partial charge in [0.05, 0.1) is 11.4 Å². The maximum atomic E-state index is 12.6. The van der Waals surface area contributed by atoms with Gasteiger partial charge < -0.3 is 5.32 Å². The van der Waals surface area contributed by atoms with Crippen molar-refractivity contribution in [2.24, 2.45) is 0 Å². The Balaban J connectivity index is 1.48. The van der Waals surface area contributed by atoms with Gasteiger partial charge in [0.1, 0.15) is 0 Å². The van der Waals surface area contributed by atoms with E-state index >= 15 is 0 Å². The summed E-state index contributed by atoms with van der Waals surface area (Å²) in [5.41, 5.74) is 3.25. The number of amides is 1. The van der Waals surface area contributed by atoms with Crippen LogP contribution in [0.3, 0.4) is 0 Å². The Hall–Kier alpha value is -2.22. The molecule has 2 aromatic carbocycles. The molecule has 2 aromatic rings. The van der Waals surface area contributed by atoms with Crippen LogP contribution in [-0.2, 0) is 27.9 Å². The van der Waals surface area contributed by atoms with E-state index in [0.29, 0.717) is 6.54 Å². The van der Waals surface area contributed by atoms with Gasteiger partial charge in [-0.3, -0.25) is 9.69 Å². The Labute approximate surface area is 179 Å². The zero-order valence-corrected chi connectivity index (χ0v) is 18.6. The normalized spacial score (nSPS) is 15.3. The van der Waals surface area contributed by atoms with Gasteiger partial charge in [0, 0.05) is 20.1 Å². The summed E-state index contributed by atoms with van der Waals surface area (Å²) in [4.78, 5) is 14.9. The van der Waals surface area contributed by atoms with E-state index in [1.165, 1.54) is 31.9 Å². The first-order valence-corrected chi connectivity index (χ1v) is 11.9. The van der Waals surface area contributed by atoms with Gasteiger partial charge in [-0.1, -0.05) is 48.4 Å². The molecule has 0 bridgehead atoms. The largest absolute Gasteiger partial charge is 0.351 e. The van der Waals surface area contributed by atoms with E-state index in [1.54, 1.807) is 24.3 Å². The van der Waals surface area contributed by atoms with Gasteiger partial charge in [-0.05, 0) is 56.1 Å². The van der Waals surface area contributed by atoms with Crippen molar-refractivity contribution in [1.82, 2.24) is 14.5 Å². The Morgan fingerprint density at radius 2 is 1.57 bits per heavy atom. The molecule has 0 aliphatic carbocycles. The molecule has 162 valence electrons. The first-order chi connectivity index (χ1) is 14.3. The minimum atomic E-state index is -3.69. The maximum absolute atomic E-state index is 12.6. The summed E-state index contributed by atoms with van der Waals surface area (Å²) in [5.74, 6) is -0.328. The monoisotopic (exact) mass is 429 g/mol. The number of nitrogens with zero attached hydrogens (tertiary/aromatic N) is 2. The van der Waals surface area contributed by atoms with Crippen LogP contribution in [0.25, 0.3) is 0 Å². The van der Waals surface area contributed by atoms with E-state index in [1.807, 2.05) is 19.1 Å². The Kier molecular flexibility index (Phi) is 7.64. The maximum Gasteiger partial charge on any atom is 0.243 e. The summed E-state index contributed by atoms with van der Waals surface area (Å²) in [6.07, 6.45) is 3.88. The number of piperidine rings is 1. The van der Waals surface area contributed by atoms with Crippen LogP contribution in [0, 0.1) is 6.92 Å².